The molecule has 0 saturated carbocycles. The fraction of sp³-hybridized carbons (Fsp3) is 0.333. The van der Waals surface area contributed by atoms with Crippen LogP contribution in [0.15, 0.2) is 54.9 Å². The van der Waals surface area contributed by atoms with Crippen LogP contribution in [-0.4, -0.2) is 71.9 Å². The average molecular weight is 669 g/mol. The number of hydrogen-bond donors (Lipinski definition) is 5. The van der Waals surface area contributed by atoms with E-state index in [1.165, 1.54) is 6.20 Å². The molecule has 0 spiro atoms. The van der Waals surface area contributed by atoms with E-state index in [9.17, 15) is 4.79 Å². The lowest BCUT2D eigenvalue weighted by Gasteiger charge is -2.15. The molecule has 5 rings (SSSR count). The molecular formula is C33H36Cl2FN7O3. The van der Waals surface area contributed by atoms with Gasteiger partial charge in [0.25, 0.3) is 0 Å². The van der Waals surface area contributed by atoms with Crippen LogP contribution in [0.5, 0.6) is 5.88 Å². The molecule has 242 valence electrons. The number of carbonyl (C=O) groups excluding carboxylic acids is 1. The highest BCUT2D eigenvalue weighted by Crippen LogP contribution is 2.41. The summed E-state index contributed by atoms with van der Waals surface area (Å²) in [6.07, 6.45) is 5.73. The molecule has 0 radical (unpaired) electrons. The molecule has 4 aromatic rings. The number of aromatic nitrogens is 3. The Morgan fingerprint density at radius 3 is 2.57 bits per heavy atom. The number of halogens is 3. The van der Waals surface area contributed by atoms with E-state index in [1.54, 1.807) is 43.6 Å². The van der Waals surface area contributed by atoms with Gasteiger partial charge in [-0.05, 0) is 62.2 Å². The molecule has 1 saturated heterocycles. The van der Waals surface area contributed by atoms with Gasteiger partial charge >= 0.3 is 0 Å². The maximum Gasteiger partial charge on any atom is 0.220 e. The van der Waals surface area contributed by atoms with E-state index < -0.39 is 5.82 Å². The van der Waals surface area contributed by atoms with E-state index in [0.29, 0.717) is 88.6 Å². The third-order valence-electron chi connectivity index (χ3n) is 7.68. The summed E-state index contributed by atoms with van der Waals surface area (Å²) in [5.74, 6) is 0.165. The van der Waals surface area contributed by atoms with Gasteiger partial charge < -0.3 is 31.1 Å². The quantitative estimate of drug-likeness (QED) is 0.112. The molecule has 1 atom stereocenters. The number of carbonyl (C=O) groups is 1. The summed E-state index contributed by atoms with van der Waals surface area (Å²) in [4.78, 5) is 24.9. The summed E-state index contributed by atoms with van der Waals surface area (Å²) >= 11 is 13.8. The molecule has 0 aliphatic carbocycles. The molecule has 1 fully saturated rings. The van der Waals surface area contributed by atoms with Crippen molar-refractivity contribution in [2.24, 2.45) is 0 Å². The Labute approximate surface area is 277 Å². The van der Waals surface area contributed by atoms with Crippen molar-refractivity contribution in [2.45, 2.75) is 31.7 Å². The van der Waals surface area contributed by atoms with Crippen molar-refractivity contribution < 1.29 is 19.0 Å². The zero-order chi connectivity index (χ0) is 32.5. The first kappa shape index (κ1) is 33.5. The Balaban J connectivity index is 1.32. The first-order valence-corrected chi connectivity index (χ1v) is 15.8. The number of rotatable bonds is 15. The van der Waals surface area contributed by atoms with Gasteiger partial charge in [-0.3, -0.25) is 9.78 Å². The predicted molar refractivity (Wildman–Crippen MR) is 178 cm³/mol. The number of hydrogen-bond acceptors (Lipinski definition) is 9. The van der Waals surface area contributed by atoms with Crippen molar-refractivity contribution in [1.82, 2.24) is 30.9 Å². The largest absolute Gasteiger partial charge is 0.481 e. The van der Waals surface area contributed by atoms with Crippen LogP contribution in [0, 0.1) is 5.82 Å². The summed E-state index contributed by atoms with van der Waals surface area (Å²) in [6.45, 7) is 2.39. The summed E-state index contributed by atoms with van der Waals surface area (Å²) in [5.41, 5.74) is 4.12. The highest BCUT2D eigenvalue weighted by atomic mass is 35.5. The van der Waals surface area contributed by atoms with Gasteiger partial charge in [0, 0.05) is 54.6 Å². The molecule has 1 amide bonds. The molecule has 13 heteroatoms. The number of aliphatic hydroxyl groups excluding tert-OH is 1. The molecule has 10 nitrogen and oxygen atoms in total. The number of ether oxygens (including phenoxy) is 1. The topological polar surface area (TPSA) is 133 Å². The van der Waals surface area contributed by atoms with Gasteiger partial charge in [-0.2, -0.15) is 0 Å². The van der Waals surface area contributed by atoms with Gasteiger partial charge in [0.1, 0.15) is 0 Å². The predicted octanol–water partition coefficient (Wildman–Crippen LogP) is 4.94. The van der Waals surface area contributed by atoms with E-state index in [0.717, 1.165) is 18.5 Å². The van der Waals surface area contributed by atoms with Crippen molar-refractivity contribution in [2.75, 3.05) is 45.2 Å². The number of nitrogens with zero attached hydrogens (tertiary/aromatic N) is 3. The average Bonchev–Trinajstić information content (AvgIpc) is 3.49. The number of nitrogens with one attached hydrogen (secondary N) is 4. The van der Waals surface area contributed by atoms with Gasteiger partial charge in [0.05, 0.1) is 40.8 Å². The highest BCUT2D eigenvalue weighted by Gasteiger charge is 2.21. The van der Waals surface area contributed by atoms with Crippen LogP contribution in [0.3, 0.4) is 0 Å². The standard InChI is InChI=1S/C33H36Cl2FN7O3/c1-46-33-21(10-14-38-19-22-6-8-27(45)41-22)5-7-25(43-33)23-12-16-39-31(29(23)35)24-3-2-4-26(28(24)34)42-32-30(36)20(11-15-40-32)9-13-37-17-18-44/h2-5,7,11-12,15-16,22,37-38,44H,6,8-10,13-14,17-19H2,1H3,(H,40,42)(H,41,45)/t22-/m0/s1. The molecule has 5 N–H and O–H groups in total. The fourth-order valence-electron chi connectivity index (χ4n) is 5.28. The number of pyridine rings is 3. The summed E-state index contributed by atoms with van der Waals surface area (Å²) in [6, 6.07) is 12.7. The van der Waals surface area contributed by atoms with Crippen LogP contribution in [0.2, 0.25) is 10.0 Å². The summed E-state index contributed by atoms with van der Waals surface area (Å²) in [7, 11) is 1.58. The summed E-state index contributed by atoms with van der Waals surface area (Å²) < 4.78 is 20.9. The van der Waals surface area contributed by atoms with Gasteiger partial charge in [0.15, 0.2) is 11.6 Å². The number of methoxy groups -OCH3 is 1. The Kier molecular flexibility index (Phi) is 11.7. The van der Waals surface area contributed by atoms with Crippen molar-refractivity contribution in [3.63, 3.8) is 0 Å². The van der Waals surface area contributed by atoms with Gasteiger partial charge in [0.2, 0.25) is 11.8 Å². The van der Waals surface area contributed by atoms with Crippen molar-refractivity contribution in [3.8, 4) is 28.4 Å². The molecule has 46 heavy (non-hydrogen) atoms. The second kappa shape index (κ2) is 16.1. The molecule has 1 aromatic carbocycles. The van der Waals surface area contributed by atoms with Crippen LogP contribution in [0.25, 0.3) is 22.5 Å². The Hall–Kier alpha value is -3.87. The van der Waals surface area contributed by atoms with E-state index >= 15 is 4.39 Å². The molecular weight excluding hydrogens is 632 g/mol. The third kappa shape index (κ3) is 8.09. The number of benzene rings is 1. The lowest BCUT2D eigenvalue weighted by atomic mass is 10.0. The monoisotopic (exact) mass is 667 g/mol. The van der Waals surface area contributed by atoms with Gasteiger partial charge in [-0.25, -0.2) is 14.4 Å². The molecule has 1 aliphatic heterocycles. The highest BCUT2D eigenvalue weighted by molar-refractivity contribution is 6.39. The Morgan fingerprint density at radius 2 is 1.78 bits per heavy atom. The smallest absolute Gasteiger partial charge is 0.220 e. The van der Waals surface area contributed by atoms with E-state index in [4.69, 9.17) is 38.0 Å². The van der Waals surface area contributed by atoms with Crippen LogP contribution in [-0.2, 0) is 17.6 Å². The van der Waals surface area contributed by atoms with Gasteiger partial charge in [-0.15, -0.1) is 0 Å². The number of aliphatic hydroxyl groups is 1. The molecule has 4 heterocycles. The molecule has 1 aliphatic rings. The van der Waals surface area contributed by atoms with Crippen LogP contribution < -0.4 is 26.0 Å². The van der Waals surface area contributed by atoms with E-state index in [1.807, 2.05) is 12.1 Å². The second-order valence-corrected chi connectivity index (χ2v) is 11.5. The SMILES string of the molecule is COc1nc(-c2ccnc(-c3cccc(Nc4nccc(CCNCCO)c4F)c3Cl)c2Cl)ccc1CCNC[C@@H]1CCC(=O)N1. The zero-order valence-corrected chi connectivity index (χ0v) is 26.9. The lowest BCUT2D eigenvalue weighted by Crippen LogP contribution is -2.36. The normalized spacial score (nSPS) is 14.4. The van der Waals surface area contributed by atoms with Crippen LogP contribution in [0.1, 0.15) is 24.0 Å². The Bertz CT molecular complexity index is 1680. The van der Waals surface area contributed by atoms with Crippen molar-refractivity contribution in [1.29, 1.82) is 0 Å². The maximum atomic E-state index is 15.3. The van der Waals surface area contributed by atoms with Crippen molar-refractivity contribution >= 4 is 40.6 Å². The molecule has 3 aromatic heterocycles. The minimum atomic E-state index is -0.477. The van der Waals surface area contributed by atoms with Gasteiger partial charge in [-0.1, -0.05) is 41.4 Å². The third-order valence-corrected chi connectivity index (χ3v) is 8.47. The zero-order valence-electron chi connectivity index (χ0n) is 25.4. The van der Waals surface area contributed by atoms with E-state index in [2.05, 4.69) is 31.2 Å². The first-order chi connectivity index (χ1) is 22.4. The first-order valence-electron chi connectivity index (χ1n) is 15.1. The number of amides is 1. The fourth-order valence-corrected chi connectivity index (χ4v) is 5.85. The van der Waals surface area contributed by atoms with Crippen LogP contribution in [0.4, 0.5) is 15.9 Å². The molecule has 0 unspecified atom stereocenters. The second-order valence-electron chi connectivity index (χ2n) is 10.8. The van der Waals surface area contributed by atoms with Crippen LogP contribution >= 0.6 is 23.2 Å². The van der Waals surface area contributed by atoms with Crippen molar-refractivity contribution in [3.05, 3.63) is 81.8 Å². The molecule has 0 bridgehead atoms. The maximum absolute atomic E-state index is 15.3. The Morgan fingerprint density at radius 1 is 0.978 bits per heavy atom. The summed E-state index contributed by atoms with van der Waals surface area (Å²) in [5, 5.41) is 22.0. The minimum Gasteiger partial charge on any atom is -0.481 e. The lowest BCUT2D eigenvalue weighted by molar-refractivity contribution is -0.119. The van der Waals surface area contributed by atoms with E-state index in [-0.39, 0.29) is 24.4 Å². The number of anilines is 2. The minimum absolute atomic E-state index is 0.0159.